The van der Waals surface area contributed by atoms with Gasteiger partial charge in [0.2, 0.25) is 0 Å². The Bertz CT molecular complexity index is 487. The van der Waals surface area contributed by atoms with E-state index in [0.29, 0.717) is 12.8 Å². The van der Waals surface area contributed by atoms with Gasteiger partial charge in [-0.3, -0.25) is 0 Å². The summed E-state index contributed by atoms with van der Waals surface area (Å²) >= 11 is 1.45. The molecule has 0 atom stereocenters. The number of hydrogen-bond donors (Lipinski definition) is 0. The van der Waals surface area contributed by atoms with Gasteiger partial charge in [0, 0.05) is 17.7 Å². The average Bonchev–Trinajstić information content (AvgIpc) is 2.96. The fourth-order valence-corrected chi connectivity index (χ4v) is 2.96. The maximum absolute atomic E-state index is 11.9. The van der Waals surface area contributed by atoms with Crippen molar-refractivity contribution in [2.24, 2.45) is 0 Å². The third kappa shape index (κ3) is 1.95. The van der Waals surface area contributed by atoms with Crippen LogP contribution in [0.5, 0.6) is 0 Å². The first kappa shape index (κ1) is 11.5. The second-order valence-corrected chi connectivity index (χ2v) is 5.45. The van der Waals surface area contributed by atoms with Crippen LogP contribution in [0.4, 0.5) is 0 Å². The molecule has 94 valence electrons. The molecule has 1 aromatic heterocycles. The smallest absolute Gasteiger partial charge is 0.348 e. The summed E-state index contributed by atoms with van der Waals surface area (Å²) in [5, 5.41) is 1.88. The van der Waals surface area contributed by atoms with Crippen LogP contribution in [0.3, 0.4) is 0 Å². The van der Waals surface area contributed by atoms with Gasteiger partial charge in [-0.25, -0.2) is 9.59 Å². The summed E-state index contributed by atoms with van der Waals surface area (Å²) in [6.07, 6.45) is 4.58. The van der Waals surface area contributed by atoms with Crippen LogP contribution in [0.2, 0.25) is 0 Å². The highest BCUT2D eigenvalue weighted by Gasteiger charge is 2.47. The molecule has 1 spiro atoms. The number of ether oxygens (including phenoxy) is 2. The van der Waals surface area contributed by atoms with Gasteiger partial charge < -0.3 is 9.47 Å². The molecule has 0 aromatic carbocycles. The molecule has 1 aliphatic carbocycles. The van der Waals surface area contributed by atoms with Crippen molar-refractivity contribution in [2.75, 3.05) is 0 Å². The summed E-state index contributed by atoms with van der Waals surface area (Å²) < 4.78 is 10.6. The van der Waals surface area contributed by atoms with Crippen molar-refractivity contribution in [1.82, 2.24) is 0 Å². The molecule has 0 radical (unpaired) electrons. The number of thiophene rings is 1. The summed E-state index contributed by atoms with van der Waals surface area (Å²) in [6, 6.07) is 3.69. The minimum absolute atomic E-state index is 0.0185. The number of carbonyl (C=O) groups excluding carboxylic acids is 2. The van der Waals surface area contributed by atoms with E-state index in [1.54, 1.807) is 0 Å². The normalized spacial score (nSPS) is 21.9. The van der Waals surface area contributed by atoms with E-state index in [2.05, 4.69) is 0 Å². The van der Waals surface area contributed by atoms with Crippen molar-refractivity contribution in [2.45, 2.75) is 31.5 Å². The zero-order chi connectivity index (χ0) is 12.6. The Balaban J connectivity index is 1.87. The van der Waals surface area contributed by atoms with Gasteiger partial charge >= 0.3 is 11.9 Å². The molecule has 1 aromatic rings. The van der Waals surface area contributed by atoms with Crippen LogP contribution in [-0.4, -0.2) is 17.7 Å². The molecule has 1 saturated heterocycles. The lowest BCUT2D eigenvalue weighted by molar-refractivity contribution is -0.232. The third-order valence-electron chi connectivity index (χ3n) is 3.19. The average molecular weight is 264 g/mol. The maximum atomic E-state index is 11.9. The van der Waals surface area contributed by atoms with E-state index in [1.807, 2.05) is 17.5 Å². The molecule has 0 amide bonds. The summed E-state index contributed by atoms with van der Waals surface area (Å²) in [5.41, 5.74) is -0.0185. The first-order valence-corrected chi connectivity index (χ1v) is 6.78. The molecule has 2 heterocycles. The molecule has 1 aliphatic heterocycles. The van der Waals surface area contributed by atoms with E-state index in [4.69, 9.17) is 9.47 Å². The van der Waals surface area contributed by atoms with Crippen LogP contribution >= 0.6 is 11.3 Å². The van der Waals surface area contributed by atoms with Gasteiger partial charge in [-0.2, -0.15) is 0 Å². The number of hydrogen-bond acceptors (Lipinski definition) is 5. The van der Waals surface area contributed by atoms with Crippen molar-refractivity contribution >= 4 is 29.4 Å². The third-order valence-corrected chi connectivity index (χ3v) is 4.01. The van der Waals surface area contributed by atoms with Gasteiger partial charge in [-0.1, -0.05) is 6.07 Å². The lowest BCUT2D eigenvalue weighted by Gasteiger charge is -2.32. The van der Waals surface area contributed by atoms with Crippen molar-refractivity contribution in [3.8, 4) is 0 Å². The van der Waals surface area contributed by atoms with E-state index in [1.165, 1.54) is 17.4 Å². The SMILES string of the molecule is O=C1OC2(CCCC2)OC(=O)C1=Cc1cccs1. The van der Waals surface area contributed by atoms with E-state index < -0.39 is 17.7 Å². The lowest BCUT2D eigenvalue weighted by atomic mass is 10.1. The summed E-state index contributed by atoms with van der Waals surface area (Å²) in [5.74, 6) is -2.12. The van der Waals surface area contributed by atoms with E-state index in [9.17, 15) is 9.59 Å². The van der Waals surface area contributed by atoms with Gasteiger partial charge in [0.25, 0.3) is 5.79 Å². The molecule has 18 heavy (non-hydrogen) atoms. The molecule has 0 bridgehead atoms. The Morgan fingerprint density at radius 2 is 1.83 bits per heavy atom. The highest BCUT2D eigenvalue weighted by Crippen LogP contribution is 2.38. The molecule has 0 N–H and O–H groups in total. The second kappa shape index (κ2) is 4.24. The quantitative estimate of drug-likeness (QED) is 0.444. The lowest BCUT2D eigenvalue weighted by Crippen LogP contribution is -2.44. The topological polar surface area (TPSA) is 52.6 Å². The van der Waals surface area contributed by atoms with Gasteiger partial charge in [-0.15, -0.1) is 11.3 Å². The highest BCUT2D eigenvalue weighted by atomic mass is 32.1. The number of carbonyl (C=O) groups is 2. The summed E-state index contributed by atoms with van der Waals surface area (Å²) in [6.45, 7) is 0. The molecular weight excluding hydrogens is 252 g/mol. The van der Waals surface area contributed by atoms with E-state index in [-0.39, 0.29) is 5.57 Å². The molecule has 2 fully saturated rings. The number of esters is 2. The van der Waals surface area contributed by atoms with Crippen LogP contribution in [0, 0.1) is 0 Å². The standard InChI is InChI=1S/C13H12O4S/c14-11-10(8-9-4-3-7-18-9)12(15)17-13(16-11)5-1-2-6-13/h3-4,7-8H,1-2,5-6H2. The molecule has 2 aliphatic rings. The Morgan fingerprint density at radius 1 is 1.17 bits per heavy atom. The Kier molecular flexibility index (Phi) is 2.70. The molecule has 0 unspecified atom stereocenters. The van der Waals surface area contributed by atoms with Crippen LogP contribution in [0.25, 0.3) is 6.08 Å². The Hall–Kier alpha value is -1.62. The maximum Gasteiger partial charge on any atom is 0.348 e. The first-order valence-electron chi connectivity index (χ1n) is 5.90. The predicted molar refractivity (Wildman–Crippen MR) is 65.7 cm³/mol. The Labute approximate surface area is 108 Å². The predicted octanol–water partition coefficient (Wildman–Crippen LogP) is 2.50. The van der Waals surface area contributed by atoms with Crippen molar-refractivity contribution in [1.29, 1.82) is 0 Å². The first-order chi connectivity index (χ1) is 8.69. The highest BCUT2D eigenvalue weighted by molar-refractivity contribution is 7.10. The zero-order valence-electron chi connectivity index (χ0n) is 9.68. The number of rotatable bonds is 1. The van der Waals surface area contributed by atoms with Gasteiger partial charge in [0.15, 0.2) is 0 Å². The molecule has 3 rings (SSSR count). The fourth-order valence-electron chi connectivity index (χ4n) is 2.30. The van der Waals surface area contributed by atoms with E-state index in [0.717, 1.165) is 17.7 Å². The Morgan fingerprint density at radius 3 is 2.39 bits per heavy atom. The molecule has 4 nitrogen and oxygen atoms in total. The van der Waals surface area contributed by atoms with E-state index >= 15 is 0 Å². The van der Waals surface area contributed by atoms with Crippen LogP contribution < -0.4 is 0 Å². The second-order valence-electron chi connectivity index (χ2n) is 4.47. The van der Waals surface area contributed by atoms with Crippen molar-refractivity contribution < 1.29 is 19.1 Å². The minimum Gasteiger partial charge on any atom is -0.419 e. The van der Waals surface area contributed by atoms with Crippen molar-refractivity contribution in [3.05, 3.63) is 28.0 Å². The summed E-state index contributed by atoms with van der Waals surface area (Å²) in [7, 11) is 0. The zero-order valence-corrected chi connectivity index (χ0v) is 10.5. The van der Waals surface area contributed by atoms with Crippen molar-refractivity contribution in [3.63, 3.8) is 0 Å². The van der Waals surface area contributed by atoms with Crippen LogP contribution in [0.15, 0.2) is 23.1 Å². The largest absolute Gasteiger partial charge is 0.419 e. The minimum atomic E-state index is -0.985. The summed E-state index contributed by atoms with van der Waals surface area (Å²) in [4.78, 5) is 24.6. The monoisotopic (exact) mass is 264 g/mol. The molecular formula is C13H12O4S. The van der Waals surface area contributed by atoms with Gasteiger partial charge in [-0.05, 0) is 30.4 Å². The van der Waals surface area contributed by atoms with Gasteiger partial charge in [0.1, 0.15) is 5.57 Å². The van der Waals surface area contributed by atoms with Gasteiger partial charge in [0.05, 0.1) is 0 Å². The molecule has 5 heteroatoms. The van der Waals surface area contributed by atoms with Crippen LogP contribution in [-0.2, 0) is 19.1 Å². The fraction of sp³-hybridized carbons (Fsp3) is 0.385. The van der Waals surface area contributed by atoms with Crippen LogP contribution in [0.1, 0.15) is 30.6 Å². The molecule has 1 saturated carbocycles.